The maximum absolute atomic E-state index is 13.1. The summed E-state index contributed by atoms with van der Waals surface area (Å²) in [6.45, 7) is 4.76. The highest BCUT2D eigenvalue weighted by molar-refractivity contribution is 7.10. The van der Waals surface area contributed by atoms with Gasteiger partial charge in [0.25, 0.3) is 0 Å². The second kappa shape index (κ2) is 7.10. The number of Topliss-reactive ketones (excluding diaryl/α,β-unsaturated/α-hetero) is 1. The molecule has 0 fully saturated rings. The molecular formula is C24H22N4O2S. The van der Waals surface area contributed by atoms with E-state index in [1.165, 1.54) is 0 Å². The molecule has 0 spiro atoms. The fourth-order valence-corrected chi connectivity index (χ4v) is 5.55. The van der Waals surface area contributed by atoms with E-state index in [0.29, 0.717) is 36.3 Å². The van der Waals surface area contributed by atoms with Gasteiger partial charge in [-0.15, -0.1) is 11.3 Å². The Morgan fingerprint density at radius 3 is 2.97 bits per heavy atom. The maximum atomic E-state index is 13.1. The number of hydrogen-bond donors (Lipinski definition) is 1. The van der Waals surface area contributed by atoms with Crippen molar-refractivity contribution in [3.8, 4) is 6.07 Å². The number of ether oxygens (including phenoxy) is 1. The van der Waals surface area contributed by atoms with Crippen molar-refractivity contribution < 1.29 is 9.53 Å². The smallest absolute Gasteiger partial charge is 0.205 e. The number of rotatable bonds is 3. The highest BCUT2D eigenvalue weighted by atomic mass is 32.1. The number of imidazole rings is 1. The summed E-state index contributed by atoms with van der Waals surface area (Å²) in [7, 11) is 0. The molecule has 3 aromatic rings. The summed E-state index contributed by atoms with van der Waals surface area (Å²) in [6, 6.07) is 12.3. The Balaban J connectivity index is 1.53. The van der Waals surface area contributed by atoms with Gasteiger partial charge >= 0.3 is 0 Å². The van der Waals surface area contributed by atoms with Gasteiger partial charge in [-0.25, -0.2) is 4.98 Å². The average molecular weight is 431 g/mol. The van der Waals surface area contributed by atoms with Gasteiger partial charge in [0.15, 0.2) is 5.78 Å². The lowest BCUT2D eigenvalue weighted by molar-refractivity contribution is -0.119. The monoisotopic (exact) mass is 430 g/mol. The lowest BCUT2D eigenvalue weighted by atomic mass is 9.71. The number of aromatic nitrogens is 2. The molecule has 5 rings (SSSR count). The molecule has 6 nitrogen and oxygen atoms in total. The molecule has 1 aliphatic heterocycles. The van der Waals surface area contributed by atoms with Crippen molar-refractivity contribution in [2.75, 3.05) is 0 Å². The van der Waals surface area contributed by atoms with Gasteiger partial charge in [-0.3, -0.25) is 4.79 Å². The molecule has 156 valence electrons. The number of hydrogen-bond acceptors (Lipinski definition) is 6. The number of nitriles is 1. The highest BCUT2D eigenvalue weighted by Gasteiger charge is 2.43. The van der Waals surface area contributed by atoms with Crippen molar-refractivity contribution in [1.29, 1.82) is 5.26 Å². The zero-order chi connectivity index (χ0) is 21.8. The Bertz CT molecular complexity index is 1320. The third-order valence-electron chi connectivity index (χ3n) is 5.91. The molecule has 7 heteroatoms. The minimum absolute atomic E-state index is 0.0343. The first kappa shape index (κ1) is 19.6. The summed E-state index contributed by atoms with van der Waals surface area (Å²) in [5.41, 5.74) is 9.95. The molecule has 0 bridgehead atoms. The zero-order valence-electron chi connectivity index (χ0n) is 17.4. The molecule has 0 unspecified atom stereocenters. The van der Waals surface area contributed by atoms with Crippen LogP contribution in [0.5, 0.6) is 0 Å². The van der Waals surface area contributed by atoms with Crippen LogP contribution < -0.4 is 5.73 Å². The molecule has 2 aliphatic rings. The van der Waals surface area contributed by atoms with E-state index in [4.69, 9.17) is 10.5 Å². The summed E-state index contributed by atoms with van der Waals surface area (Å²) in [5.74, 6) is 0.285. The molecule has 31 heavy (non-hydrogen) atoms. The van der Waals surface area contributed by atoms with Crippen LogP contribution in [0.2, 0.25) is 0 Å². The molecule has 1 atom stereocenters. The number of nitrogens with zero attached hydrogens (tertiary/aromatic N) is 3. The second-order valence-electron chi connectivity index (χ2n) is 8.92. The summed E-state index contributed by atoms with van der Waals surface area (Å²) in [4.78, 5) is 18.5. The van der Waals surface area contributed by atoms with Crippen molar-refractivity contribution in [1.82, 2.24) is 9.55 Å². The van der Waals surface area contributed by atoms with E-state index in [-0.39, 0.29) is 17.1 Å². The third kappa shape index (κ3) is 3.33. The Hall–Kier alpha value is -3.37. The SMILES string of the molecule is CC1(C)CC(=O)C2=C(C1)OC(N)=C(C#N)[C@H]2c1cc(Cn2cnc3ccccc32)cs1. The summed E-state index contributed by atoms with van der Waals surface area (Å²) >= 11 is 1.55. The average Bonchev–Trinajstić information content (AvgIpc) is 3.34. The van der Waals surface area contributed by atoms with Crippen LogP contribution in [0.15, 0.2) is 64.8 Å². The van der Waals surface area contributed by atoms with E-state index in [1.54, 1.807) is 11.3 Å². The minimum Gasteiger partial charge on any atom is -0.444 e. The lowest BCUT2D eigenvalue weighted by Gasteiger charge is -2.36. The molecule has 0 saturated carbocycles. The van der Waals surface area contributed by atoms with Crippen molar-refractivity contribution in [2.45, 2.75) is 39.2 Å². The number of fused-ring (bicyclic) bond motifs is 1. The van der Waals surface area contributed by atoms with Crippen LogP contribution in [0, 0.1) is 16.7 Å². The van der Waals surface area contributed by atoms with Crippen LogP contribution in [0.4, 0.5) is 0 Å². The van der Waals surface area contributed by atoms with E-state index >= 15 is 0 Å². The Morgan fingerprint density at radius 2 is 2.16 bits per heavy atom. The van der Waals surface area contributed by atoms with E-state index in [9.17, 15) is 10.1 Å². The van der Waals surface area contributed by atoms with Crippen LogP contribution in [0.3, 0.4) is 0 Å². The first-order valence-electron chi connectivity index (χ1n) is 10.2. The van der Waals surface area contributed by atoms with Crippen LogP contribution >= 0.6 is 11.3 Å². The summed E-state index contributed by atoms with van der Waals surface area (Å²) < 4.78 is 7.87. The van der Waals surface area contributed by atoms with Crippen LogP contribution in [0.25, 0.3) is 11.0 Å². The van der Waals surface area contributed by atoms with Gasteiger partial charge in [-0.2, -0.15) is 5.26 Å². The fraction of sp³-hybridized carbons (Fsp3) is 0.292. The number of ketones is 1. The van der Waals surface area contributed by atoms with Crippen molar-refractivity contribution in [3.05, 3.63) is 75.3 Å². The normalized spacial score (nSPS) is 20.5. The minimum atomic E-state index is -0.462. The number of carbonyl (C=O) groups excluding carboxylic acids is 1. The van der Waals surface area contributed by atoms with Gasteiger partial charge in [0.2, 0.25) is 5.88 Å². The molecule has 1 aromatic carbocycles. The fourth-order valence-electron chi connectivity index (χ4n) is 4.53. The molecule has 0 radical (unpaired) electrons. The van der Waals surface area contributed by atoms with Gasteiger partial charge in [0.1, 0.15) is 17.4 Å². The molecule has 2 N–H and O–H groups in total. The van der Waals surface area contributed by atoms with E-state index in [0.717, 1.165) is 21.5 Å². The van der Waals surface area contributed by atoms with Gasteiger partial charge in [0, 0.05) is 29.8 Å². The van der Waals surface area contributed by atoms with Crippen molar-refractivity contribution >= 4 is 28.2 Å². The summed E-state index contributed by atoms with van der Waals surface area (Å²) in [6.07, 6.45) is 2.90. The van der Waals surface area contributed by atoms with Gasteiger partial charge in [0.05, 0.1) is 23.3 Å². The van der Waals surface area contributed by atoms with E-state index < -0.39 is 5.92 Å². The van der Waals surface area contributed by atoms with E-state index in [2.05, 4.69) is 27.1 Å². The lowest BCUT2D eigenvalue weighted by Crippen LogP contribution is -2.33. The molecule has 0 saturated heterocycles. The Morgan fingerprint density at radius 1 is 1.35 bits per heavy atom. The Labute approximate surface area is 184 Å². The quantitative estimate of drug-likeness (QED) is 0.655. The Kier molecular flexibility index (Phi) is 4.49. The third-order valence-corrected chi connectivity index (χ3v) is 6.96. The van der Waals surface area contributed by atoms with Crippen LogP contribution in [-0.2, 0) is 16.1 Å². The zero-order valence-corrected chi connectivity index (χ0v) is 18.2. The number of benzene rings is 1. The number of nitrogens with two attached hydrogens (primary N) is 1. The number of para-hydroxylation sites is 2. The standard InChI is InChI=1S/C24H22N4O2S/c1-24(2)8-18(29)22-19(9-24)30-23(26)15(10-25)21(22)20-7-14(12-31-20)11-28-13-27-16-5-3-4-6-17(16)28/h3-7,12-13,21H,8-9,11,26H2,1-2H3/t21-/m0/s1. The largest absolute Gasteiger partial charge is 0.444 e. The topological polar surface area (TPSA) is 93.9 Å². The first-order chi connectivity index (χ1) is 14.9. The van der Waals surface area contributed by atoms with Crippen molar-refractivity contribution in [2.24, 2.45) is 11.1 Å². The molecule has 1 aliphatic carbocycles. The number of thiophene rings is 1. The molecular weight excluding hydrogens is 408 g/mol. The number of carbonyl (C=O) groups is 1. The highest BCUT2D eigenvalue weighted by Crippen LogP contribution is 2.48. The van der Waals surface area contributed by atoms with Gasteiger partial charge < -0.3 is 15.0 Å². The molecule has 2 aromatic heterocycles. The molecule has 3 heterocycles. The number of allylic oxidation sites excluding steroid dienone is 3. The van der Waals surface area contributed by atoms with Gasteiger partial charge in [-0.1, -0.05) is 26.0 Å². The predicted octanol–water partition coefficient (Wildman–Crippen LogP) is 4.60. The summed E-state index contributed by atoms with van der Waals surface area (Å²) in [5, 5.41) is 11.9. The predicted molar refractivity (Wildman–Crippen MR) is 119 cm³/mol. The van der Waals surface area contributed by atoms with E-state index in [1.807, 2.05) is 44.4 Å². The first-order valence-corrected chi connectivity index (χ1v) is 11.1. The van der Waals surface area contributed by atoms with Crippen molar-refractivity contribution in [3.63, 3.8) is 0 Å². The maximum Gasteiger partial charge on any atom is 0.205 e. The second-order valence-corrected chi connectivity index (χ2v) is 9.86. The van der Waals surface area contributed by atoms with Gasteiger partial charge in [-0.05, 0) is 34.6 Å². The molecule has 0 amide bonds. The van der Waals surface area contributed by atoms with Crippen LogP contribution in [0.1, 0.15) is 43.0 Å². The van der Waals surface area contributed by atoms with Crippen LogP contribution in [-0.4, -0.2) is 15.3 Å².